The molecule has 5 heteroatoms. The van der Waals surface area contributed by atoms with Gasteiger partial charge in [-0.15, -0.1) is 5.10 Å². The first-order chi connectivity index (χ1) is 6.00. The molecule has 0 unspecified atom stereocenters. The first-order valence-corrected chi connectivity index (χ1v) is 4.01. The van der Waals surface area contributed by atoms with E-state index in [1.54, 1.807) is 13.8 Å². The van der Waals surface area contributed by atoms with Gasteiger partial charge < -0.3 is 0 Å². The minimum absolute atomic E-state index is 0.0357. The highest BCUT2D eigenvalue weighted by molar-refractivity contribution is 5.11. The van der Waals surface area contributed by atoms with E-state index in [0.717, 1.165) is 4.68 Å². The average Bonchev–Trinajstić information content (AvgIpc) is 2.29. The Bertz CT molecular complexity index is 281. The third-order valence-corrected chi connectivity index (χ3v) is 1.69. The van der Waals surface area contributed by atoms with E-state index in [2.05, 4.69) is 5.10 Å². The number of halogens is 3. The number of hydrogen-bond donors (Lipinski definition) is 0. The van der Waals surface area contributed by atoms with Crippen LogP contribution in [0, 0.1) is 5.95 Å². The lowest BCUT2D eigenvalue weighted by Gasteiger charge is -1.99. The third-order valence-electron chi connectivity index (χ3n) is 1.69. The summed E-state index contributed by atoms with van der Waals surface area (Å²) < 4.78 is 37.6. The molecule has 1 heterocycles. The van der Waals surface area contributed by atoms with Crippen LogP contribution in [0.25, 0.3) is 0 Å². The van der Waals surface area contributed by atoms with Gasteiger partial charge >= 0.3 is 0 Å². The van der Waals surface area contributed by atoms with Crippen LogP contribution >= 0.6 is 0 Å². The summed E-state index contributed by atoms with van der Waals surface area (Å²) in [5.74, 6) is -0.693. The number of alkyl halides is 2. The van der Waals surface area contributed by atoms with Crippen LogP contribution < -0.4 is 0 Å². The fourth-order valence-corrected chi connectivity index (χ4v) is 1.04. The molecule has 0 aliphatic carbocycles. The van der Waals surface area contributed by atoms with E-state index >= 15 is 0 Å². The number of rotatable bonds is 3. The van der Waals surface area contributed by atoms with Crippen LogP contribution in [-0.4, -0.2) is 16.2 Å². The molecule has 0 saturated heterocycles. The van der Waals surface area contributed by atoms with Gasteiger partial charge in [-0.3, -0.25) is 4.68 Å². The van der Waals surface area contributed by atoms with Gasteiger partial charge in [0, 0.05) is 11.8 Å². The largest absolute Gasteiger partial charge is 0.264 e. The normalized spacial score (nSPS) is 11.6. The van der Waals surface area contributed by atoms with Gasteiger partial charge in [-0.05, 0) is 5.92 Å². The van der Waals surface area contributed by atoms with Crippen molar-refractivity contribution in [1.82, 2.24) is 9.78 Å². The van der Waals surface area contributed by atoms with Crippen LogP contribution in [0.15, 0.2) is 6.20 Å². The predicted octanol–water partition coefficient (Wildman–Crippen LogP) is 2.41. The molecule has 13 heavy (non-hydrogen) atoms. The highest BCUT2D eigenvalue weighted by Gasteiger charge is 2.13. The highest BCUT2D eigenvalue weighted by atomic mass is 19.3. The van der Waals surface area contributed by atoms with Gasteiger partial charge in [-0.1, -0.05) is 13.8 Å². The predicted molar refractivity (Wildman–Crippen MR) is 42.3 cm³/mol. The second kappa shape index (κ2) is 3.81. The smallest absolute Gasteiger partial charge is 0.257 e. The number of nitrogens with zero attached hydrogens (tertiary/aromatic N) is 2. The van der Waals surface area contributed by atoms with Crippen LogP contribution in [0.4, 0.5) is 13.2 Å². The van der Waals surface area contributed by atoms with Crippen LogP contribution in [0.2, 0.25) is 0 Å². The molecule has 0 radical (unpaired) electrons. The van der Waals surface area contributed by atoms with Gasteiger partial charge in [0.15, 0.2) is 0 Å². The monoisotopic (exact) mass is 192 g/mol. The van der Waals surface area contributed by atoms with Crippen LogP contribution in [0.1, 0.15) is 25.3 Å². The molecule has 0 spiro atoms. The summed E-state index contributed by atoms with van der Waals surface area (Å²) in [7, 11) is 0. The standard InChI is InChI=1S/C8H11F3N2/c1-5(2)6-3-13(4-7(9)10)12-8(6)11/h3,5,7H,4H2,1-2H3. The van der Waals surface area contributed by atoms with Crippen molar-refractivity contribution in [2.24, 2.45) is 0 Å². The zero-order chi connectivity index (χ0) is 10.0. The molecule has 0 aliphatic rings. The quantitative estimate of drug-likeness (QED) is 0.719. The Kier molecular flexibility index (Phi) is 2.95. The summed E-state index contributed by atoms with van der Waals surface area (Å²) >= 11 is 0. The Morgan fingerprint density at radius 3 is 2.46 bits per heavy atom. The number of aromatic nitrogens is 2. The van der Waals surface area contributed by atoms with Crippen molar-refractivity contribution in [3.63, 3.8) is 0 Å². The van der Waals surface area contributed by atoms with Crippen LogP contribution in [-0.2, 0) is 6.54 Å². The van der Waals surface area contributed by atoms with Crippen molar-refractivity contribution in [1.29, 1.82) is 0 Å². The maximum Gasteiger partial charge on any atom is 0.257 e. The SMILES string of the molecule is CC(C)c1cn(CC(F)F)nc1F. The Hall–Kier alpha value is -1.00. The zero-order valence-electron chi connectivity index (χ0n) is 7.47. The van der Waals surface area contributed by atoms with Crippen molar-refractivity contribution in [3.05, 3.63) is 17.7 Å². The molecule has 0 fully saturated rings. The first kappa shape index (κ1) is 10.1. The van der Waals surface area contributed by atoms with E-state index in [-0.39, 0.29) is 5.92 Å². The van der Waals surface area contributed by atoms with Crippen molar-refractivity contribution in [2.45, 2.75) is 32.7 Å². The van der Waals surface area contributed by atoms with E-state index in [0.29, 0.717) is 5.56 Å². The lowest BCUT2D eigenvalue weighted by atomic mass is 10.1. The summed E-state index contributed by atoms with van der Waals surface area (Å²) in [6.45, 7) is 3.02. The Balaban J connectivity index is 2.82. The maximum atomic E-state index is 12.9. The molecule has 2 nitrogen and oxygen atoms in total. The zero-order valence-corrected chi connectivity index (χ0v) is 7.47. The minimum atomic E-state index is -2.50. The molecule has 0 aliphatic heterocycles. The number of hydrogen-bond acceptors (Lipinski definition) is 1. The second-order valence-corrected chi connectivity index (χ2v) is 3.14. The molecule has 1 aromatic rings. The van der Waals surface area contributed by atoms with Crippen LogP contribution in [0.5, 0.6) is 0 Å². The van der Waals surface area contributed by atoms with Crippen molar-refractivity contribution >= 4 is 0 Å². The van der Waals surface area contributed by atoms with Crippen molar-refractivity contribution in [3.8, 4) is 0 Å². The second-order valence-electron chi connectivity index (χ2n) is 3.14. The summed E-state index contributed by atoms with van der Waals surface area (Å²) in [4.78, 5) is 0. The van der Waals surface area contributed by atoms with Gasteiger partial charge in [0.05, 0.1) is 0 Å². The summed E-state index contributed by atoms with van der Waals surface area (Å²) in [6, 6.07) is 0. The van der Waals surface area contributed by atoms with E-state index in [1.165, 1.54) is 6.20 Å². The molecule has 0 bridgehead atoms. The molecular formula is C8H11F3N2. The van der Waals surface area contributed by atoms with Gasteiger partial charge in [0.1, 0.15) is 6.54 Å². The maximum absolute atomic E-state index is 12.9. The summed E-state index contributed by atoms with van der Waals surface area (Å²) in [5.41, 5.74) is 0.376. The minimum Gasteiger partial charge on any atom is -0.264 e. The van der Waals surface area contributed by atoms with E-state index < -0.39 is 18.9 Å². The fourth-order valence-electron chi connectivity index (χ4n) is 1.04. The third kappa shape index (κ3) is 2.47. The highest BCUT2D eigenvalue weighted by Crippen LogP contribution is 2.17. The van der Waals surface area contributed by atoms with E-state index in [9.17, 15) is 13.2 Å². The molecule has 1 rings (SSSR count). The molecule has 0 aromatic carbocycles. The molecule has 0 saturated carbocycles. The molecular weight excluding hydrogens is 181 g/mol. The molecule has 0 atom stereocenters. The lowest BCUT2D eigenvalue weighted by molar-refractivity contribution is 0.121. The topological polar surface area (TPSA) is 17.8 Å². The van der Waals surface area contributed by atoms with Crippen molar-refractivity contribution < 1.29 is 13.2 Å². The Labute approximate surface area is 74.4 Å². The summed E-state index contributed by atoms with van der Waals surface area (Å²) in [5, 5.41) is 3.34. The first-order valence-electron chi connectivity index (χ1n) is 4.01. The van der Waals surface area contributed by atoms with Crippen molar-refractivity contribution in [2.75, 3.05) is 0 Å². The van der Waals surface area contributed by atoms with Gasteiger partial charge in [0.2, 0.25) is 5.95 Å². The molecule has 0 amide bonds. The fraction of sp³-hybridized carbons (Fsp3) is 0.625. The molecule has 0 N–H and O–H groups in total. The van der Waals surface area contributed by atoms with E-state index in [4.69, 9.17) is 0 Å². The van der Waals surface area contributed by atoms with Gasteiger partial charge in [-0.2, -0.15) is 4.39 Å². The van der Waals surface area contributed by atoms with Crippen LogP contribution in [0.3, 0.4) is 0 Å². The van der Waals surface area contributed by atoms with Gasteiger partial charge in [-0.25, -0.2) is 8.78 Å². The summed E-state index contributed by atoms with van der Waals surface area (Å²) in [6.07, 6.45) is -1.18. The molecule has 74 valence electrons. The Morgan fingerprint density at radius 1 is 1.46 bits per heavy atom. The lowest BCUT2D eigenvalue weighted by Crippen LogP contribution is -2.06. The average molecular weight is 192 g/mol. The Morgan fingerprint density at radius 2 is 2.08 bits per heavy atom. The van der Waals surface area contributed by atoms with Gasteiger partial charge in [0.25, 0.3) is 6.43 Å². The van der Waals surface area contributed by atoms with E-state index in [1.807, 2.05) is 0 Å². The molecule has 1 aromatic heterocycles.